The number of fused-ring (bicyclic) bond motifs is 1. The van der Waals surface area contributed by atoms with Gasteiger partial charge in [0.25, 0.3) is 5.91 Å². The number of nitrogens with one attached hydrogen (secondary N) is 1. The van der Waals surface area contributed by atoms with Gasteiger partial charge in [0.05, 0.1) is 12.6 Å². The third-order valence-electron chi connectivity index (χ3n) is 3.41. The van der Waals surface area contributed by atoms with Gasteiger partial charge in [0, 0.05) is 25.2 Å². The van der Waals surface area contributed by atoms with Crippen LogP contribution in [0.3, 0.4) is 0 Å². The number of hydrogen-bond acceptors (Lipinski definition) is 4. The van der Waals surface area contributed by atoms with Crippen molar-refractivity contribution in [1.29, 1.82) is 0 Å². The Balaban J connectivity index is 2.31. The maximum atomic E-state index is 12.2. The van der Waals surface area contributed by atoms with Gasteiger partial charge in [0.15, 0.2) is 0 Å². The highest BCUT2D eigenvalue weighted by Crippen LogP contribution is 2.27. The van der Waals surface area contributed by atoms with Crippen LogP contribution in [-0.2, 0) is 6.54 Å². The Kier molecular flexibility index (Phi) is 4.32. The van der Waals surface area contributed by atoms with E-state index in [1.807, 2.05) is 6.92 Å². The number of amides is 3. The smallest absolute Gasteiger partial charge is 0.320 e. The summed E-state index contributed by atoms with van der Waals surface area (Å²) in [6.07, 6.45) is 0. The van der Waals surface area contributed by atoms with Gasteiger partial charge >= 0.3 is 6.03 Å². The number of benzene rings is 1. The minimum atomic E-state index is -0.597. The molecule has 1 aromatic carbocycles. The van der Waals surface area contributed by atoms with E-state index in [1.165, 1.54) is 4.90 Å². The monoisotopic (exact) mass is 293 g/mol. The first kappa shape index (κ1) is 15.1. The topological polar surface area (TPSA) is 82.1 Å². The van der Waals surface area contributed by atoms with Crippen molar-refractivity contribution in [3.63, 3.8) is 0 Å². The normalized spacial score (nSPS) is 17.3. The van der Waals surface area contributed by atoms with Crippen molar-refractivity contribution >= 4 is 11.9 Å². The van der Waals surface area contributed by atoms with Gasteiger partial charge in [-0.15, -0.1) is 0 Å². The van der Waals surface area contributed by atoms with Crippen LogP contribution in [0.2, 0.25) is 0 Å². The fourth-order valence-corrected chi connectivity index (χ4v) is 2.18. The highest BCUT2D eigenvalue weighted by atomic mass is 16.5. The standard InChI is InChI=1S/C14H19N3O4/c1-9-8-21-12-6-10(13(18)15-20)4-5-11(12)7-17(9)14(19)16(2)3/h4-6,9,20H,7-8H2,1-3H3,(H,15,18). The molecule has 0 bridgehead atoms. The minimum absolute atomic E-state index is 0.0811. The third kappa shape index (κ3) is 3.08. The van der Waals surface area contributed by atoms with Crippen LogP contribution in [0.1, 0.15) is 22.8 Å². The SMILES string of the molecule is CC1COc2cc(C(=O)NO)ccc2CN1C(=O)N(C)C. The predicted molar refractivity (Wildman–Crippen MR) is 75.3 cm³/mol. The lowest BCUT2D eigenvalue weighted by molar-refractivity contribution is 0.0706. The van der Waals surface area contributed by atoms with Crippen molar-refractivity contribution < 1.29 is 19.5 Å². The lowest BCUT2D eigenvalue weighted by Crippen LogP contribution is -2.45. The van der Waals surface area contributed by atoms with Crippen molar-refractivity contribution in [1.82, 2.24) is 15.3 Å². The molecule has 2 rings (SSSR count). The quantitative estimate of drug-likeness (QED) is 0.599. The van der Waals surface area contributed by atoms with Crippen molar-refractivity contribution in [2.45, 2.75) is 19.5 Å². The molecule has 0 saturated heterocycles. The molecular weight excluding hydrogens is 274 g/mol. The van der Waals surface area contributed by atoms with Crippen molar-refractivity contribution in [2.24, 2.45) is 0 Å². The van der Waals surface area contributed by atoms with Gasteiger partial charge in [0.1, 0.15) is 12.4 Å². The summed E-state index contributed by atoms with van der Waals surface area (Å²) in [7, 11) is 3.41. The molecule has 0 saturated carbocycles. The van der Waals surface area contributed by atoms with E-state index in [0.29, 0.717) is 24.5 Å². The average molecular weight is 293 g/mol. The number of hydroxylamine groups is 1. The first-order valence-electron chi connectivity index (χ1n) is 6.62. The van der Waals surface area contributed by atoms with Crippen LogP contribution in [0.5, 0.6) is 5.75 Å². The van der Waals surface area contributed by atoms with Gasteiger partial charge in [-0.05, 0) is 19.1 Å². The lowest BCUT2D eigenvalue weighted by atomic mass is 10.1. The number of rotatable bonds is 1. The van der Waals surface area contributed by atoms with Gasteiger partial charge in [-0.25, -0.2) is 10.3 Å². The molecular formula is C14H19N3O4. The zero-order valence-corrected chi connectivity index (χ0v) is 12.3. The second-order valence-corrected chi connectivity index (χ2v) is 5.23. The van der Waals surface area contributed by atoms with Crippen LogP contribution >= 0.6 is 0 Å². The first-order valence-corrected chi connectivity index (χ1v) is 6.62. The molecule has 114 valence electrons. The van der Waals surface area contributed by atoms with E-state index in [0.717, 1.165) is 5.56 Å². The van der Waals surface area contributed by atoms with Crippen LogP contribution in [-0.4, -0.2) is 53.7 Å². The van der Waals surface area contributed by atoms with E-state index in [1.54, 1.807) is 42.7 Å². The van der Waals surface area contributed by atoms with E-state index in [9.17, 15) is 9.59 Å². The summed E-state index contributed by atoms with van der Waals surface area (Å²) < 4.78 is 5.68. The van der Waals surface area contributed by atoms with E-state index < -0.39 is 5.91 Å². The van der Waals surface area contributed by atoms with Crippen molar-refractivity contribution in [3.05, 3.63) is 29.3 Å². The molecule has 2 N–H and O–H groups in total. The Labute approximate surface area is 123 Å². The molecule has 7 nitrogen and oxygen atoms in total. The molecule has 0 aromatic heterocycles. The van der Waals surface area contributed by atoms with E-state index >= 15 is 0 Å². The van der Waals surface area contributed by atoms with Gasteiger partial charge in [-0.2, -0.15) is 0 Å². The molecule has 3 amide bonds. The Bertz CT molecular complexity index is 559. The van der Waals surface area contributed by atoms with Gasteiger partial charge in [0.2, 0.25) is 0 Å². The number of hydrogen-bond donors (Lipinski definition) is 2. The molecule has 1 aliphatic heterocycles. The van der Waals surface area contributed by atoms with Crippen LogP contribution in [0.25, 0.3) is 0 Å². The Morgan fingerprint density at radius 1 is 1.43 bits per heavy atom. The summed E-state index contributed by atoms with van der Waals surface area (Å²) in [6.45, 7) is 2.67. The van der Waals surface area contributed by atoms with E-state index in [-0.39, 0.29) is 12.1 Å². The molecule has 7 heteroatoms. The van der Waals surface area contributed by atoms with Gasteiger partial charge < -0.3 is 14.5 Å². The summed E-state index contributed by atoms with van der Waals surface area (Å²) in [5, 5.41) is 8.67. The molecule has 1 atom stereocenters. The number of urea groups is 1. The fraction of sp³-hybridized carbons (Fsp3) is 0.429. The highest BCUT2D eigenvalue weighted by Gasteiger charge is 2.27. The molecule has 0 aliphatic carbocycles. The zero-order valence-electron chi connectivity index (χ0n) is 12.3. The lowest BCUT2D eigenvalue weighted by Gasteiger charge is -2.29. The predicted octanol–water partition coefficient (Wildman–Crippen LogP) is 1.07. The molecule has 1 aromatic rings. The number of carbonyl (C=O) groups is 2. The number of carbonyl (C=O) groups excluding carboxylic acids is 2. The summed E-state index contributed by atoms with van der Waals surface area (Å²) in [6, 6.07) is 4.71. The average Bonchev–Trinajstić information content (AvgIpc) is 2.64. The van der Waals surface area contributed by atoms with Gasteiger partial charge in [-0.1, -0.05) is 6.07 Å². The summed E-state index contributed by atoms with van der Waals surface area (Å²) in [4.78, 5) is 26.9. The Morgan fingerprint density at radius 3 is 2.76 bits per heavy atom. The van der Waals surface area contributed by atoms with Gasteiger partial charge in [-0.3, -0.25) is 10.0 Å². The maximum absolute atomic E-state index is 12.2. The van der Waals surface area contributed by atoms with Crippen LogP contribution in [0.15, 0.2) is 18.2 Å². The van der Waals surface area contributed by atoms with Crippen LogP contribution < -0.4 is 10.2 Å². The molecule has 21 heavy (non-hydrogen) atoms. The molecule has 0 radical (unpaired) electrons. The van der Waals surface area contributed by atoms with Crippen molar-refractivity contribution in [3.8, 4) is 5.75 Å². The molecule has 1 unspecified atom stereocenters. The van der Waals surface area contributed by atoms with Crippen LogP contribution in [0, 0.1) is 0 Å². The summed E-state index contributed by atoms with van der Waals surface area (Å²) in [5.41, 5.74) is 2.71. The number of nitrogens with zero attached hydrogens (tertiary/aromatic N) is 2. The first-order chi connectivity index (χ1) is 9.93. The summed E-state index contributed by atoms with van der Waals surface area (Å²) >= 11 is 0. The number of ether oxygens (including phenoxy) is 1. The zero-order chi connectivity index (χ0) is 15.6. The molecule has 1 aliphatic rings. The third-order valence-corrected chi connectivity index (χ3v) is 3.41. The second kappa shape index (κ2) is 6.01. The molecule has 0 fully saturated rings. The van der Waals surface area contributed by atoms with Crippen molar-refractivity contribution in [2.75, 3.05) is 20.7 Å². The Morgan fingerprint density at radius 2 is 2.14 bits per heavy atom. The maximum Gasteiger partial charge on any atom is 0.320 e. The molecule has 1 heterocycles. The van der Waals surface area contributed by atoms with E-state index in [2.05, 4.69) is 0 Å². The minimum Gasteiger partial charge on any atom is -0.491 e. The summed E-state index contributed by atoms with van der Waals surface area (Å²) in [5.74, 6) is -0.0445. The fourth-order valence-electron chi connectivity index (χ4n) is 2.18. The molecule has 0 spiro atoms. The van der Waals surface area contributed by atoms with Crippen LogP contribution in [0.4, 0.5) is 4.79 Å². The Hall–Kier alpha value is -2.28. The second-order valence-electron chi connectivity index (χ2n) is 5.23. The largest absolute Gasteiger partial charge is 0.491 e. The van der Waals surface area contributed by atoms with E-state index in [4.69, 9.17) is 9.94 Å². The highest BCUT2D eigenvalue weighted by molar-refractivity contribution is 5.93.